The summed E-state index contributed by atoms with van der Waals surface area (Å²) in [6, 6.07) is 29.0. The van der Waals surface area contributed by atoms with Crippen molar-refractivity contribution in [3.8, 4) is 17.1 Å². The van der Waals surface area contributed by atoms with Crippen molar-refractivity contribution in [1.82, 2.24) is 14.8 Å². The van der Waals surface area contributed by atoms with Gasteiger partial charge in [0.15, 0.2) is 5.82 Å². The van der Waals surface area contributed by atoms with Crippen molar-refractivity contribution < 1.29 is 4.79 Å². The van der Waals surface area contributed by atoms with Crippen molar-refractivity contribution in [1.29, 1.82) is 0 Å². The first-order valence-electron chi connectivity index (χ1n) is 10.2. The number of hydrogen-bond donors (Lipinski definition) is 1. The SMILES string of the molecule is Cc1cccc(-n2nc(C(=O)Nc3ccc4ccccc4c3)nc2-c2cccc(Cl)c2)c1. The summed E-state index contributed by atoms with van der Waals surface area (Å²) >= 11 is 6.21. The van der Waals surface area contributed by atoms with Crippen LogP contribution in [0.1, 0.15) is 16.2 Å². The predicted molar refractivity (Wildman–Crippen MR) is 128 cm³/mol. The number of anilines is 1. The van der Waals surface area contributed by atoms with Gasteiger partial charge >= 0.3 is 0 Å². The Morgan fingerprint density at radius 2 is 1.69 bits per heavy atom. The summed E-state index contributed by atoms with van der Waals surface area (Å²) in [5, 5.41) is 10.2. The summed E-state index contributed by atoms with van der Waals surface area (Å²) in [7, 11) is 0. The maximum atomic E-state index is 13.0. The summed E-state index contributed by atoms with van der Waals surface area (Å²) in [6.07, 6.45) is 0. The Bertz CT molecular complexity index is 1390. The molecule has 0 aliphatic heterocycles. The second-order valence-corrected chi connectivity index (χ2v) is 7.97. The van der Waals surface area contributed by atoms with Crippen LogP contribution >= 0.6 is 11.6 Å². The van der Waals surface area contributed by atoms with Crippen LogP contribution in [0.2, 0.25) is 5.02 Å². The van der Waals surface area contributed by atoms with Crippen LogP contribution in [-0.4, -0.2) is 20.7 Å². The van der Waals surface area contributed by atoms with Gasteiger partial charge < -0.3 is 5.32 Å². The first-order valence-corrected chi connectivity index (χ1v) is 10.5. The molecule has 0 spiro atoms. The Balaban J connectivity index is 1.54. The first kappa shape index (κ1) is 20.0. The standard InChI is InChI=1S/C26H19ClN4O/c1-17-6-4-11-23(14-17)31-25(20-9-5-10-21(27)15-20)29-24(30-31)26(32)28-22-13-12-18-7-2-3-8-19(18)16-22/h2-16H,1H3,(H,28,32). The molecule has 5 aromatic rings. The zero-order valence-corrected chi connectivity index (χ0v) is 18.0. The first-order chi connectivity index (χ1) is 15.6. The largest absolute Gasteiger partial charge is 0.319 e. The van der Waals surface area contributed by atoms with Gasteiger partial charge in [0.1, 0.15) is 0 Å². The molecule has 0 unspecified atom stereocenters. The van der Waals surface area contributed by atoms with Gasteiger partial charge in [-0.3, -0.25) is 4.79 Å². The number of rotatable bonds is 4. The molecule has 0 radical (unpaired) electrons. The summed E-state index contributed by atoms with van der Waals surface area (Å²) < 4.78 is 1.67. The second kappa shape index (κ2) is 8.29. The number of amides is 1. The number of fused-ring (bicyclic) bond motifs is 1. The maximum Gasteiger partial charge on any atom is 0.295 e. The molecule has 0 fully saturated rings. The van der Waals surface area contributed by atoms with Crippen LogP contribution in [0.25, 0.3) is 27.8 Å². The van der Waals surface area contributed by atoms with Gasteiger partial charge in [-0.05, 0) is 59.7 Å². The van der Waals surface area contributed by atoms with Crippen molar-refractivity contribution in [2.24, 2.45) is 0 Å². The number of nitrogens with one attached hydrogen (secondary N) is 1. The molecule has 0 atom stereocenters. The second-order valence-electron chi connectivity index (χ2n) is 7.54. The molecule has 5 nitrogen and oxygen atoms in total. The smallest absolute Gasteiger partial charge is 0.295 e. The third-order valence-electron chi connectivity index (χ3n) is 5.15. The number of benzene rings is 4. The summed E-state index contributed by atoms with van der Waals surface area (Å²) in [4.78, 5) is 17.6. The number of nitrogens with zero attached hydrogens (tertiary/aromatic N) is 3. The molecule has 156 valence electrons. The van der Waals surface area contributed by atoms with Gasteiger partial charge in [0.05, 0.1) is 5.69 Å². The van der Waals surface area contributed by atoms with Crippen LogP contribution in [0.4, 0.5) is 5.69 Å². The average molecular weight is 439 g/mol. The average Bonchev–Trinajstić information content (AvgIpc) is 3.25. The Morgan fingerprint density at radius 1 is 0.875 bits per heavy atom. The Kier molecular flexibility index (Phi) is 5.17. The van der Waals surface area contributed by atoms with Crippen LogP contribution < -0.4 is 5.32 Å². The molecule has 4 aromatic carbocycles. The van der Waals surface area contributed by atoms with Crippen LogP contribution in [0.3, 0.4) is 0 Å². The number of carbonyl (C=O) groups excluding carboxylic acids is 1. The van der Waals surface area contributed by atoms with Crippen molar-refractivity contribution in [3.05, 3.63) is 107 Å². The Hall–Kier alpha value is -3.96. The summed E-state index contributed by atoms with van der Waals surface area (Å²) in [5.41, 5.74) is 3.36. The van der Waals surface area contributed by atoms with E-state index in [9.17, 15) is 4.79 Å². The summed E-state index contributed by atoms with van der Waals surface area (Å²) in [6.45, 7) is 2.01. The van der Waals surface area contributed by atoms with Crippen molar-refractivity contribution in [2.75, 3.05) is 5.32 Å². The molecule has 1 heterocycles. The van der Waals surface area contributed by atoms with Gasteiger partial charge in [0.25, 0.3) is 5.91 Å². The topological polar surface area (TPSA) is 59.8 Å². The van der Waals surface area contributed by atoms with Gasteiger partial charge in [-0.15, -0.1) is 5.10 Å². The molecule has 0 aliphatic carbocycles. The highest BCUT2D eigenvalue weighted by Crippen LogP contribution is 2.25. The minimum atomic E-state index is -0.380. The van der Waals surface area contributed by atoms with E-state index in [1.54, 1.807) is 10.7 Å². The molecule has 0 saturated carbocycles. The van der Waals surface area contributed by atoms with Gasteiger partial charge in [-0.1, -0.05) is 66.2 Å². The highest BCUT2D eigenvalue weighted by molar-refractivity contribution is 6.30. The molecule has 0 saturated heterocycles. The fourth-order valence-corrected chi connectivity index (χ4v) is 3.81. The maximum absolute atomic E-state index is 13.0. The zero-order chi connectivity index (χ0) is 22.1. The van der Waals surface area contributed by atoms with E-state index in [0.29, 0.717) is 16.5 Å². The molecule has 32 heavy (non-hydrogen) atoms. The quantitative estimate of drug-likeness (QED) is 0.358. The fourth-order valence-electron chi connectivity index (χ4n) is 3.62. The fraction of sp³-hybridized carbons (Fsp3) is 0.0385. The highest BCUT2D eigenvalue weighted by atomic mass is 35.5. The molecule has 1 N–H and O–H groups in total. The van der Waals surface area contributed by atoms with Gasteiger partial charge in [-0.25, -0.2) is 9.67 Å². The van der Waals surface area contributed by atoms with Gasteiger partial charge in [0.2, 0.25) is 5.82 Å². The number of aryl methyl sites for hydroxylation is 1. The third kappa shape index (κ3) is 3.98. The lowest BCUT2D eigenvalue weighted by Crippen LogP contribution is -2.14. The van der Waals surface area contributed by atoms with Crippen LogP contribution in [0.15, 0.2) is 91.0 Å². The molecule has 5 rings (SSSR count). The minimum absolute atomic E-state index is 0.0784. The van der Waals surface area contributed by atoms with Gasteiger partial charge in [-0.2, -0.15) is 0 Å². The minimum Gasteiger partial charge on any atom is -0.319 e. The van der Waals surface area contributed by atoms with Crippen LogP contribution in [0, 0.1) is 6.92 Å². The van der Waals surface area contributed by atoms with Crippen LogP contribution in [0.5, 0.6) is 0 Å². The van der Waals surface area contributed by atoms with E-state index in [1.165, 1.54) is 0 Å². The van der Waals surface area contributed by atoms with E-state index in [2.05, 4.69) is 15.4 Å². The van der Waals surface area contributed by atoms with Crippen molar-refractivity contribution >= 4 is 34.0 Å². The lowest BCUT2D eigenvalue weighted by molar-refractivity contribution is 0.101. The summed E-state index contributed by atoms with van der Waals surface area (Å²) in [5.74, 6) is 0.242. The van der Waals surface area contributed by atoms with E-state index < -0.39 is 0 Å². The van der Waals surface area contributed by atoms with E-state index in [1.807, 2.05) is 91.9 Å². The predicted octanol–water partition coefficient (Wildman–Crippen LogP) is 6.30. The lowest BCUT2D eigenvalue weighted by atomic mass is 10.1. The Morgan fingerprint density at radius 3 is 2.50 bits per heavy atom. The molecular weight excluding hydrogens is 420 g/mol. The van der Waals surface area contributed by atoms with Crippen molar-refractivity contribution in [3.63, 3.8) is 0 Å². The monoisotopic (exact) mass is 438 g/mol. The van der Waals surface area contributed by atoms with E-state index >= 15 is 0 Å². The molecule has 0 aliphatic rings. The molecule has 0 bridgehead atoms. The van der Waals surface area contributed by atoms with Gasteiger partial charge in [0, 0.05) is 16.3 Å². The normalized spacial score (nSPS) is 10.9. The van der Waals surface area contributed by atoms with E-state index in [-0.39, 0.29) is 11.7 Å². The molecule has 1 aromatic heterocycles. The highest BCUT2D eigenvalue weighted by Gasteiger charge is 2.19. The number of aromatic nitrogens is 3. The molecule has 1 amide bonds. The number of halogens is 1. The zero-order valence-electron chi connectivity index (χ0n) is 17.3. The number of carbonyl (C=O) groups is 1. The van der Waals surface area contributed by atoms with Crippen LogP contribution in [-0.2, 0) is 0 Å². The number of hydrogen-bond acceptors (Lipinski definition) is 3. The van der Waals surface area contributed by atoms with E-state index in [4.69, 9.17) is 11.6 Å². The third-order valence-corrected chi connectivity index (χ3v) is 5.38. The Labute approximate surface area is 190 Å². The lowest BCUT2D eigenvalue weighted by Gasteiger charge is -2.07. The van der Waals surface area contributed by atoms with Crippen molar-refractivity contribution in [2.45, 2.75) is 6.92 Å². The van der Waals surface area contributed by atoms with E-state index in [0.717, 1.165) is 27.6 Å². The molecular formula is C26H19ClN4O. The molecule has 6 heteroatoms.